The van der Waals surface area contributed by atoms with E-state index in [1.54, 1.807) is 12.1 Å². The van der Waals surface area contributed by atoms with Gasteiger partial charge in [-0.2, -0.15) is 0 Å². The van der Waals surface area contributed by atoms with Crippen molar-refractivity contribution in [2.45, 2.75) is 11.3 Å². The Morgan fingerprint density at radius 3 is 2.40 bits per heavy atom. The second kappa shape index (κ2) is 8.26. The second-order valence-electron chi connectivity index (χ2n) is 5.36. The van der Waals surface area contributed by atoms with Gasteiger partial charge in [0.05, 0.1) is 4.90 Å². The van der Waals surface area contributed by atoms with Gasteiger partial charge in [0.25, 0.3) is 5.91 Å². The zero-order chi connectivity index (χ0) is 18.4. The lowest BCUT2D eigenvalue weighted by Crippen LogP contribution is -2.27. The van der Waals surface area contributed by atoms with Crippen LogP contribution in [0, 0.1) is 0 Å². The predicted molar refractivity (Wildman–Crippen MR) is 99.3 cm³/mol. The van der Waals surface area contributed by atoms with Crippen molar-refractivity contribution in [3.63, 3.8) is 0 Å². The lowest BCUT2D eigenvalue weighted by Gasteiger charge is -2.08. The molecule has 8 heteroatoms. The maximum Gasteiger partial charge on any atom is 0.251 e. The van der Waals surface area contributed by atoms with Gasteiger partial charge >= 0.3 is 0 Å². The summed E-state index contributed by atoms with van der Waals surface area (Å²) < 4.78 is 23.9. The monoisotopic (exact) mass is 424 g/mol. The van der Waals surface area contributed by atoms with Gasteiger partial charge in [-0.25, -0.2) is 8.42 Å². The standard InChI is InChI=1S/C17H17BrN2O4S/c1-25(23,24)15-4-2-3-12(11-15)17(22)19-10-9-16(21)20-14-7-5-13(18)6-8-14/h2-8,11H,9-10H2,1H3,(H,19,22)(H,20,21). The number of nitrogens with one attached hydrogen (secondary N) is 2. The summed E-state index contributed by atoms with van der Waals surface area (Å²) in [5, 5.41) is 5.32. The molecule has 0 aliphatic carbocycles. The molecule has 0 aliphatic heterocycles. The fourth-order valence-electron chi connectivity index (χ4n) is 2.02. The molecule has 2 aromatic rings. The highest BCUT2D eigenvalue weighted by atomic mass is 79.9. The molecule has 0 aromatic heterocycles. The van der Waals surface area contributed by atoms with Crippen molar-refractivity contribution in [2.75, 3.05) is 18.1 Å². The molecule has 0 radical (unpaired) electrons. The molecule has 2 rings (SSSR count). The largest absolute Gasteiger partial charge is 0.352 e. The van der Waals surface area contributed by atoms with Crippen molar-refractivity contribution >= 4 is 43.3 Å². The van der Waals surface area contributed by atoms with Crippen LogP contribution in [0.15, 0.2) is 57.9 Å². The van der Waals surface area contributed by atoms with E-state index in [9.17, 15) is 18.0 Å². The maximum atomic E-state index is 12.1. The summed E-state index contributed by atoms with van der Waals surface area (Å²) in [5.74, 6) is -0.658. The lowest BCUT2D eigenvalue weighted by molar-refractivity contribution is -0.116. The van der Waals surface area contributed by atoms with E-state index < -0.39 is 15.7 Å². The SMILES string of the molecule is CS(=O)(=O)c1cccc(C(=O)NCCC(=O)Nc2ccc(Br)cc2)c1. The van der Waals surface area contributed by atoms with Gasteiger partial charge in [0.15, 0.2) is 9.84 Å². The Morgan fingerprint density at radius 2 is 1.76 bits per heavy atom. The van der Waals surface area contributed by atoms with E-state index in [0.717, 1.165) is 10.7 Å². The highest BCUT2D eigenvalue weighted by molar-refractivity contribution is 9.10. The number of hydrogen-bond donors (Lipinski definition) is 2. The van der Waals surface area contributed by atoms with Gasteiger partial charge in [-0.15, -0.1) is 0 Å². The molecule has 0 spiro atoms. The highest BCUT2D eigenvalue weighted by Gasteiger charge is 2.12. The molecule has 0 saturated heterocycles. The molecular weight excluding hydrogens is 408 g/mol. The molecule has 6 nitrogen and oxygen atoms in total. The molecule has 0 fully saturated rings. The molecule has 0 unspecified atom stereocenters. The molecule has 0 atom stereocenters. The Balaban J connectivity index is 1.86. The number of halogens is 1. The first kappa shape index (κ1) is 19.1. The predicted octanol–water partition coefficient (Wildman–Crippen LogP) is 2.61. The summed E-state index contributed by atoms with van der Waals surface area (Å²) in [7, 11) is -3.38. The van der Waals surface area contributed by atoms with E-state index in [1.165, 1.54) is 24.3 Å². The van der Waals surface area contributed by atoms with E-state index in [4.69, 9.17) is 0 Å². The van der Waals surface area contributed by atoms with Crippen LogP contribution in [0.2, 0.25) is 0 Å². The topological polar surface area (TPSA) is 92.3 Å². The Morgan fingerprint density at radius 1 is 1.08 bits per heavy atom. The summed E-state index contributed by atoms with van der Waals surface area (Å²) in [6.07, 6.45) is 1.18. The van der Waals surface area contributed by atoms with Crippen LogP contribution in [0.5, 0.6) is 0 Å². The zero-order valence-corrected chi connectivity index (χ0v) is 15.9. The maximum absolute atomic E-state index is 12.1. The number of carbonyl (C=O) groups excluding carboxylic acids is 2. The first-order valence-corrected chi connectivity index (χ1v) is 10.1. The Bertz CT molecular complexity index is 880. The number of amides is 2. The molecule has 132 valence electrons. The van der Waals surface area contributed by atoms with Gasteiger partial charge in [0, 0.05) is 34.9 Å². The number of rotatable bonds is 6. The van der Waals surface area contributed by atoms with Crippen LogP contribution < -0.4 is 10.6 Å². The van der Waals surface area contributed by atoms with Crippen LogP contribution in [0.3, 0.4) is 0 Å². The van der Waals surface area contributed by atoms with Crippen LogP contribution in [0.25, 0.3) is 0 Å². The fourth-order valence-corrected chi connectivity index (χ4v) is 2.95. The number of carbonyl (C=O) groups is 2. The third kappa shape index (κ3) is 5.99. The van der Waals surface area contributed by atoms with Gasteiger partial charge in [-0.1, -0.05) is 22.0 Å². The molecule has 25 heavy (non-hydrogen) atoms. The van der Waals surface area contributed by atoms with E-state index in [0.29, 0.717) is 5.69 Å². The van der Waals surface area contributed by atoms with Crippen molar-refractivity contribution in [2.24, 2.45) is 0 Å². The number of benzene rings is 2. The van der Waals surface area contributed by atoms with Crippen LogP contribution in [-0.2, 0) is 14.6 Å². The van der Waals surface area contributed by atoms with Crippen molar-refractivity contribution < 1.29 is 18.0 Å². The zero-order valence-electron chi connectivity index (χ0n) is 13.5. The minimum Gasteiger partial charge on any atom is -0.352 e. The summed E-state index contributed by atoms with van der Waals surface area (Å²) in [4.78, 5) is 24.0. The normalized spacial score (nSPS) is 11.0. The molecule has 0 heterocycles. The van der Waals surface area contributed by atoms with E-state index in [2.05, 4.69) is 26.6 Å². The van der Waals surface area contributed by atoms with Crippen molar-refractivity contribution in [3.05, 3.63) is 58.6 Å². The second-order valence-corrected chi connectivity index (χ2v) is 8.29. The molecule has 2 aromatic carbocycles. The lowest BCUT2D eigenvalue weighted by atomic mass is 10.2. The molecule has 2 amide bonds. The summed E-state index contributed by atoms with van der Waals surface area (Å²) in [5.41, 5.74) is 0.900. The van der Waals surface area contributed by atoms with Gasteiger partial charge in [0.2, 0.25) is 5.91 Å². The first-order valence-electron chi connectivity index (χ1n) is 7.39. The van der Waals surface area contributed by atoms with E-state index >= 15 is 0 Å². The quantitative estimate of drug-likeness (QED) is 0.745. The molecule has 0 aliphatic rings. The average Bonchev–Trinajstić information content (AvgIpc) is 2.56. The van der Waals surface area contributed by atoms with Crippen molar-refractivity contribution in [1.29, 1.82) is 0 Å². The minimum atomic E-state index is -3.38. The Hall–Kier alpha value is -2.19. The molecule has 2 N–H and O–H groups in total. The first-order chi connectivity index (χ1) is 11.8. The number of sulfone groups is 1. The van der Waals surface area contributed by atoms with Crippen LogP contribution in [0.1, 0.15) is 16.8 Å². The van der Waals surface area contributed by atoms with Crippen molar-refractivity contribution in [1.82, 2.24) is 5.32 Å². The fraction of sp³-hybridized carbons (Fsp3) is 0.176. The number of anilines is 1. The van der Waals surface area contributed by atoms with Crippen LogP contribution >= 0.6 is 15.9 Å². The molecular formula is C17H17BrN2O4S. The van der Waals surface area contributed by atoms with E-state index in [-0.39, 0.29) is 29.3 Å². The third-order valence-corrected chi connectivity index (χ3v) is 4.93. The van der Waals surface area contributed by atoms with Crippen LogP contribution in [-0.4, -0.2) is 33.0 Å². The number of hydrogen-bond acceptors (Lipinski definition) is 4. The smallest absolute Gasteiger partial charge is 0.251 e. The summed E-state index contributed by atoms with van der Waals surface area (Å²) in [6.45, 7) is 0.143. The summed E-state index contributed by atoms with van der Waals surface area (Å²) >= 11 is 3.31. The summed E-state index contributed by atoms with van der Waals surface area (Å²) in [6, 6.07) is 12.9. The van der Waals surface area contributed by atoms with E-state index in [1.807, 2.05) is 12.1 Å². The molecule has 0 bridgehead atoms. The minimum absolute atomic E-state index is 0.0770. The highest BCUT2D eigenvalue weighted by Crippen LogP contribution is 2.14. The molecule has 0 saturated carbocycles. The van der Waals surface area contributed by atoms with Gasteiger partial charge in [0.1, 0.15) is 0 Å². The average molecular weight is 425 g/mol. The van der Waals surface area contributed by atoms with Gasteiger partial charge in [-0.05, 0) is 42.5 Å². The third-order valence-electron chi connectivity index (χ3n) is 3.29. The van der Waals surface area contributed by atoms with Crippen molar-refractivity contribution in [3.8, 4) is 0 Å². The Labute approximate surface area is 154 Å². The van der Waals surface area contributed by atoms with Gasteiger partial charge < -0.3 is 10.6 Å². The Kier molecular flexibility index (Phi) is 6.33. The van der Waals surface area contributed by atoms with Crippen LogP contribution in [0.4, 0.5) is 5.69 Å². The van der Waals surface area contributed by atoms with Gasteiger partial charge in [-0.3, -0.25) is 9.59 Å².